The minimum absolute atomic E-state index is 0.109. The summed E-state index contributed by atoms with van der Waals surface area (Å²) in [6.45, 7) is 6.68. The number of carbonyl (C=O) groups is 2. The number of rotatable bonds is 12. The summed E-state index contributed by atoms with van der Waals surface area (Å²) >= 11 is 3.04. The first-order valence-corrected chi connectivity index (χ1v) is 14.1. The molecule has 0 saturated carbocycles. The number of hydrogen-bond donors (Lipinski definition) is 2. The van der Waals surface area contributed by atoms with Gasteiger partial charge in [-0.2, -0.15) is 11.8 Å². The summed E-state index contributed by atoms with van der Waals surface area (Å²) in [5, 5.41) is 15.5. The van der Waals surface area contributed by atoms with Crippen molar-refractivity contribution in [3.05, 3.63) is 65.0 Å². The molecule has 0 aliphatic rings. The van der Waals surface area contributed by atoms with Gasteiger partial charge < -0.3 is 19.9 Å². The van der Waals surface area contributed by atoms with Crippen LogP contribution in [0.2, 0.25) is 0 Å². The third-order valence-electron chi connectivity index (χ3n) is 5.76. The van der Waals surface area contributed by atoms with Crippen molar-refractivity contribution >= 4 is 41.0 Å². The lowest BCUT2D eigenvalue weighted by Crippen LogP contribution is -2.31. The molecule has 3 rings (SSSR count). The SMILES string of the molecule is CCn1c(SCC(=O)Nc2ccc(C)c(C)c2)nnc1[C@@H](CCSC)NC(=O)c1ccc(OC)cc1. The second-order valence-corrected chi connectivity index (χ2v) is 10.2. The van der Waals surface area contributed by atoms with E-state index in [1.807, 2.05) is 49.8 Å². The topological polar surface area (TPSA) is 98.1 Å². The van der Waals surface area contributed by atoms with Crippen molar-refractivity contribution in [2.24, 2.45) is 0 Å². The highest BCUT2D eigenvalue weighted by Crippen LogP contribution is 2.24. The maximum Gasteiger partial charge on any atom is 0.251 e. The second-order valence-electron chi connectivity index (χ2n) is 8.26. The zero-order valence-electron chi connectivity index (χ0n) is 21.3. The molecule has 1 aromatic heterocycles. The Hall–Kier alpha value is -2.98. The van der Waals surface area contributed by atoms with Gasteiger partial charge in [-0.25, -0.2) is 0 Å². The molecule has 1 heterocycles. The number of ether oxygens (including phenoxy) is 1. The van der Waals surface area contributed by atoms with Gasteiger partial charge in [-0.1, -0.05) is 17.8 Å². The molecule has 0 fully saturated rings. The fourth-order valence-electron chi connectivity index (χ4n) is 3.59. The summed E-state index contributed by atoms with van der Waals surface area (Å²) in [7, 11) is 1.59. The molecule has 36 heavy (non-hydrogen) atoms. The lowest BCUT2D eigenvalue weighted by molar-refractivity contribution is -0.113. The molecule has 192 valence electrons. The first-order valence-electron chi connectivity index (χ1n) is 11.7. The summed E-state index contributed by atoms with van der Waals surface area (Å²) < 4.78 is 7.15. The number of thioether (sulfide) groups is 2. The van der Waals surface area contributed by atoms with Gasteiger partial charge in [0.2, 0.25) is 5.91 Å². The molecule has 1 atom stereocenters. The molecule has 0 spiro atoms. The zero-order valence-corrected chi connectivity index (χ0v) is 23.0. The number of amides is 2. The molecule has 0 aliphatic carbocycles. The van der Waals surface area contributed by atoms with Crippen molar-refractivity contribution in [2.75, 3.05) is 30.2 Å². The van der Waals surface area contributed by atoms with Gasteiger partial charge in [-0.15, -0.1) is 10.2 Å². The zero-order chi connectivity index (χ0) is 26.1. The predicted octanol–water partition coefficient (Wildman–Crippen LogP) is 4.88. The van der Waals surface area contributed by atoms with Crippen LogP contribution < -0.4 is 15.4 Å². The first-order chi connectivity index (χ1) is 17.4. The van der Waals surface area contributed by atoms with Crippen molar-refractivity contribution < 1.29 is 14.3 Å². The molecular weight excluding hydrogens is 494 g/mol. The molecule has 0 aliphatic heterocycles. The number of methoxy groups -OCH3 is 1. The quantitative estimate of drug-likeness (QED) is 0.324. The number of aromatic nitrogens is 3. The molecule has 10 heteroatoms. The van der Waals surface area contributed by atoms with Crippen LogP contribution >= 0.6 is 23.5 Å². The van der Waals surface area contributed by atoms with E-state index in [1.165, 1.54) is 17.3 Å². The van der Waals surface area contributed by atoms with E-state index in [9.17, 15) is 9.59 Å². The molecule has 0 radical (unpaired) electrons. The Morgan fingerprint density at radius 2 is 1.83 bits per heavy atom. The van der Waals surface area contributed by atoms with Crippen molar-refractivity contribution in [3.8, 4) is 5.75 Å². The predicted molar refractivity (Wildman–Crippen MR) is 147 cm³/mol. The molecule has 8 nitrogen and oxygen atoms in total. The van der Waals surface area contributed by atoms with Crippen molar-refractivity contribution in [2.45, 2.75) is 44.9 Å². The highest BCUT2D eigenvalue weighted by Gasteiger charge is 2.23. The normalized spacial score (nSPS) is 11.7. The highest BCUT2D eigenvalue weighted by atomic mass is 32.2. The Bertz CT molecular complexity index is 1180. The van der Waals surface area contributed by atoms with Gasteiger partial charge in [0, 0.05) is 17.8 Å². The largest absolute Gasteiger partial charge is 0.497 e. The monoisotopic (exact) mass is 527 g/mol. The summed E-state index contributed by atoms with van der Waals surface area (Å²) in [4.78, 5) is 25.5. The van der Waals surface area contributed by atoms with Gasteiger partial charge in [0.25, 0.3) is 5.91 Å². The number of hydrogen-bond acceptors (Lipinski definition) is 7. The van der Waals surface area contributed by atoms with Crippen molar-refractivity contribution in [3.63, 3.8) is 0 Å². The van der Waals surface area contributed by atoms with Crippen LogP contribution in [0.1, 0.15) is 46.7 Å². The third kappa shape index (κ3) is 7.27. The average Bonchev–Trinajstić information content (AvgIpc) is 3.30. The summed E-state index contributed by atoms with van der Waals surface area (Å²) in [6, 6.07) is 12.5. The molecular formula is C26H33N5O3S2. The van der Waals surface area contributed by atoms with Gasteiger partial charge in [0.05, 0.1) is 18.9 Å². The van der Waals surface area contributed by atoms with E-state index in [0.29, 0.717) is 35.3 Å². The number of nitrogens with zero attached hydrogens (tertiary/aromatic N) is 3. The van der Waals surface area contributed by atoms with Crippen LogP contribution in [0.4, 0.5) is 5.69 Å². The number of benzene rings is 2. The summed E-state index contributed by atoms with van der Waals surface area (Å²) in [5.74, 6) is 2.15. The van der Waals surface area contributed by atoms with E-state index in [0.717, 1.165) is 17.0 Å². The van der Waals surface area contributed by atoms with Crippen LogP contribution in [0, 0.1) is 13.8 Å². The van der Waals surface area contributed by atoms with E-state index >= 15 is 0 Å². The van der Waals surface area contributed by atoms with E-state index < -0.39 is 0 Å². The molecule has 3 aromatic rings. The number of carbonyl (C=O) groups excluding carboxylic acids is 2. The standard InChI is InChI=1S/C26H33N5O3S2/c1-6-31-24(22(13-14-35-5)28-25(33)19-8-11-21(34-4)12-9-19)29-30-26(31)36-16-23(32)27-20-10-7-17(2)18(3)15-20/h7-12,15,22H,6,13-14,16H2,1-5H3,(H,27,32)(H,28,33)/t22-/m1/s1. The lowest BCUT2D eigenvalue weighted by Gasteiger charge is -2.19. The van der Waals surface area contributed by atoms with Crippen molar-refractivity contribution in [1.82, 2.24) is 20.1 Å². The number of anilines is 1. The smallest absolute Gasteiger partial charge is 0.251 e. The minimum Gasteiger partial charge on any atom is -0.497 e. The van der Waals surface area contributed by atoms with E-state index in [2.05, 4.69) is 20.8 Å². The number of nitrogens with one attached hydrogen (secondary N) is 2. The Balaban J connectivity index is 1.70. The van der Waals surface area contributed by atoms with Crippen molar-refractivity contribution in [1.29, 1.82) is 0 Å². The highest BCUT2D eigenvalue weighted by molar-refractivity contribution is 7.99. The van der Waals surface area contributed by atoms with Crippen LogP contribution in [0.5, 0.6) is 5.75 Å². The first kappa shape index (κ1) is 27.6. The Morgan fingerprint density at radius 1 is 1.08 bits per heavy atom. The van der Waals surface area contributed by atoms with Gasteiger partial charge in [-0.3, -0.25) is 9.59 Å². The van der Waals surface area contributed by atoms with E-state index in [-0.39, 0.29) is 23.6 Å². The van der Waals surface area contributed by atoms with Gasteiger partial charge in [-0.05, 0) is 86.7 Å². The average molecular weight is 528 g/mol. The van der Waals surface area contributed by atoms with Crippen LogP contribution in [0.3, 0.4) is 0 Å². The Kier molecular flexibility index (Phi) is 10.2. The van der Waals surface area contributed by atoms with Gasteiger partial charge in [0.1, 0.15) is 5.75 Å². The fourth-order valence-corrected chi connectivity index (χ4v) is 4.87. The van der Waals surface area contributed by atoms with Crippen LogP contribution in [0.15, 0.2) is 47.6 Å². The minimum atomic E-state index is -0.307. The Morgan fingerprint density at radius 3 is 2.47 bits per heavy atom. The molecule has 0 bridgehead atoms. The molecule has 2 N–H and O–H groups in total. The molecule has 2 amide bonds. The molecule has 0 saturated heterocycles. The second kappa shape index (κ2) is 13.4. The summed E-state index contributed by atoms with van der Waals surface area (Å²) in [6.07, 6.45) is 2.74. The van der Waals surface area contributed by atoms with E-state index in [1.54, 1.807) is 43.1 Å². The maximum absolute atomic E-state index is 13.0. The maximum atomic E-state index is 13.0. The van der Waals surface area contributed by atoms with Crippen LogP contribution in [-0.4, -0.2) is 51.5 Å². The van der Waals surface area contributed by atoms with Gasteiger partial charge in [0.15, 0.2) is 11.0 Å². The van der Waals surface area contributed by atoms with Crippen LogP contribution in [-0.2, 0) is 11.3 Å². The fraction of sp³-hybridized carbons (Fsp3) is 0.385. The summed E-state index contributed by atoms with van der Waals surface area (Å²) in [5.41, 5.74) is 3.63. The molecule has 2 aromatic carbocycles. The van der Waals surface area contributed by atoms with Gasteiger partial charge >= 0.3 is 0 Å². The Labute approximate surface area is 221 Å². The molecule has 0 unspecified atom stereocenters. The van der Waals surface area contributed by atoms with Crippen LogP contribution in [0.25, 0.3) is 0 Å². The number of aryl methyl sites for hydroxylation is 2. The lowest BCUT2D eigenvalue weighted by atomic mass is 10.1. The van der Waals surface area contributed by atoms with E-state index in [4.69, 9.17) is 4.74 Å². The third-order valence-corrected chi connectivity index (χ3v) is 7.38.